The summed E-state index contributed by atoms with van der Waals surface area (Å²) in [6, 6.07) is 25.4. The topological polar surface area (TPSA) is 99.2 Å². The molecule has 0 atom stereocenters. The first-order chi connectivity index (χ1) is 19.7. The van der Waals surface area contributed by atoms with Gasteiger partial charge in [-0.1, -0.05) is 0 Å². The molecule has 8 nitrogen and oxygen atoms in total. The summed E-state index contributed by atoms with van der Waals surface area (Å²) in [7, 11) is 2.75. The highest BCUT2D eigenvalue weighted by atomic mass is 32.2. The van der Waals surface area contributed by atoms with Crippen molar-refractivity contribution >= 4 is 38.4 Å². The van der Waals surface area contributed by atoms with Gasteiger partial charge in [0, 0.05) is 39.6 Å². The van der Waals surface area contributed by atoms with Crippen LogP contribution in [0.25, 0.3) is 0 Å². The summed E-state index contributed by atoms with van der Waals surface area (Å²) in [4.78, 5) is 19.8. The van der Waals surface area contributed by atoms with Crippen LogP contribution in [0.2, 0.25) is 0 Å². The maximum Gasteiger partial charge on any atom is 0.401 e. The average molecular weight is 643 g/mol. The van der Waals surface area contributed by atoms with Crippen LogP contribution in [0.3, 0.4) is 0 Å². The molecule has 0 aliphatic heterocycles. The maximum atomic E-state index is 12.0. The molecule has 0 aromatic heterocycles. The van der Waals surface area contributed by atoms with Crippen LogP contribution in [0.1, 0.15) is 20.8 Å². The Labute approximate surface area is 254 Å². The Balaban J connectivity index is 0.000000621. The van der Waals surface area contributed by atoms with Crippen LogP contribution in [0, 0.1) is 0 Å². The van der Waals surface area contributed by atoms with E-state index in [1.165, 1.54) is 26.1 Å². The zero-order valence-electron chi connectivity index (χ0n) is 25.1. The van der Waals surface area contributed by atoms with Crippen LogP contribution < -0.4 is 14.5 Å². The quantitative estimate of drug-likeness (QED) is 0.166. The number of hydrogen-bond acceptors (Lipinski definition) is 8. The molecule has 43 heavy (non-hydrogen) atoms. The van der Waals surface area contributed by atoms with Gasteiger partial charge in [0.25, 0.3) is 0 Å². The molecule has 3 rings (SSSR count). The Morgan fingerprint density at radius 2 is 1.14 bits per heavy atom. The molecule has 0 amide bonds. The third kappa shape index (κ3) is 13.2. The second-order valence-electron chi connectivity index (χ2n) is 10.7. The van der Waals surface area contributed by atoms with E-state index in [-0.39, 0.29) is 23.5 Å². The van der Waals surface area contributed by atoms with E-state index < -0.39 is 27.6 Å². The summed E-state index contributed by atoms with van der Waals surface area (Å²) < 4.78 is 72.0. The molecule has 0 saturated heterocycles. The van der Waals surface area contributed by atoms with E-state index in [1.807, 2.05) is 61.1 Å². The van der Waals surface area contributed by atoms with E-state index in [2.05, 4.69) is 70.5 Å². The van der Waals surface area contributed by atoms with Gasteiger partial charge in [-0.3, -0.25) is 0 Å². The van der Waals surface area contributed by atoms with Crippen LogP contribution in [0.15, 0.2) is 87.5 Å². The summed E-state index contributed by atoms with van der Waals surface area (Å²) in [6.45, 7) is 5.42. The van der Waals surface area contributed by atoms with Crippen LogP contribution >= 0.6 is 0 Å². The summed E-state index contributed by atoms with van der Waals surface area (Å²) in [6.07, 6.45) is -4.92. The molecule has 0 aliphatic carbocycles. The lowest BCUT2D eigenvalue weighted by Gasteiger charge is -2.19. The number of esters is 1. The lowest BCUT2D eigenvalue weighted by Crippen LogP contribution is -2.27. The van der Waals surface area contributed by atoms with Crippen molar-refractivity contribution in [2.75, 3.05) is 50.4 Å². The van der Waals surface area contributed by atoms with Gasteiger partial charge in [0.1, 0.15) is 27.2 Å². The molecule has 0 saturated carbocycles. The smallest absolute Gasteiger partial charge is 0.401 e. The lowest BCUT2D eigenvalue weighted by atomic mass is 10.2. The predicted octanol–water partition coefficient (Wildman–Crippen LogP) is 5.73. The number of nitrogens with zero attached hydrogens (tertiary/aromatic N) is 2. The Morgan fingerprint density at radius 3 is 1.42 bits per heavy atom. The van der Waals surface area contributed by atoms with Gasteiger partial charge in [-0.2, -0.15) is 13.2 Å². The summed E-state index contributed by atoms with van der Waals surface area (Å²) >= 11 is 0. The molecule has 0 radical (unpaired) electrons. The van der Waals surface area contributed by atoms with Gasteiger partial charge in [0.15, 0.2) is 21.3 Å². The Bertz CT molecular complexity index is 1370. The summed E-state index contributed by atoms with van der Waals surface area (Å²) in [5.41, 5.74) is 1.81. The fraction of sp³-hybridized carbons (Fsp3) is 0.367. The molecule has 0 fully saturated rings. The molecular weight excluding hydrogens is 605 g/mol. The number of carbonyl (C=O) groups is 1. The van der Waals surface area contributed by atoms with Crippen LogP contribution in [-0.4, -0.2) is 71.3 Å². The summed E-state index contributed by atoms with van der Waals surface area (Å²) in [5.74, 6) is -2.03. The number of rotatable bonds is 9. The molecule has 3 aromatic rings. The number of hydrogen-bond donors (Lipinski definition) is 0. The van der Waals surface area contributed by atoms with Crippen molar-refractivity contribution in [3.63, 3.8) is 0 Å². The highest BCUT2D eigenvalue weighted by Crippen LogP contribution is 2.34. The molecule has 13 heteroatoms. The Kier molecular flexibility index (Phi) is 12.4. The number of halogens is 3. The second kappa shape index (κ2) is 14.8. The van der Waals surface area contributed by atoms with Crippen molar-refractivity contribution in [3.8, 4) is 5.75 Å². The van der Waals surface area contributed by atoms with Crippen molar-refractivity contribution < 1.29 is 40.4 Å². The number of alkyl halides is 3. The predicted molar refractivity (Wildman–Crippen MR) is 162 cm³/mol. The summed E-state index contributed by atoms with van der Waals surface area (Å²) in [5, 5.41) is 0. The van der Waals surface area contributed by atoms with Crippen molar-refractivity contribution in [1.82, 2.24) is 0 Å². The highest BCUT2D eigenvalue weighted by Gasteiger charge is 2.30. The molecular formula is C30H37F3N2O6S2. The minimum atomic E-state index is -5.16. The van der Waals surface area contributed by atoms with Crippen molar-refractivity contribution in [2.24, 2.45) is 0 Å². The van der Waals surface area contributed by atoms with Gasteiger partial charge < -0.3 is 23.8 Å². The van der Waals surface area contributed by atoms with E-state index >= 15 is 0 Å². The molecule has 236 valence electrons. The van der Waals surface area contributed by atoms with Gasteiger partial charge in [0.05, 0.1) is 10.9 Å². The first kappa shape index (κ1) is 35.8. The minimum absolute atomic E-state index is 0.111. The van der Waals surface area contributed by atoms with Crippen LogP contribution in [-0.2, 0) is 30.5 Å². The van der Waals surface area contributed by atoms with Gasteiger partial charge in [0.2, 0.25) is 0 Å². The Hall–Kier alpha value is -3.42. The number of ether oxygens (including phenoxy) is 2. The van der Waals surface area contributed by atoms with E-state index in [9.17, 15) is 30.9 Å². The molecule has 0 unspecified atom stereocenters. The molecule has 0 heterocycles. The number of benzene rings is 3. The lowest BCUT2D eigenvalue weighted by molar-refractivity contribution is -0.157. The number of carbonyl (C=O) groups excluding carboxylic acids is 1. The maximum absolute atomic E-state index is 12.0. The first-order valence-corrected chi connectivity index (χ1v) is 15.8. The number of anilines is 2. The minimum Gasteiger partial charge on any atom is -0.748 e. The average Bonchev–Trinajstić information content (AvgIpc) is 2.86. The second-order valence-corrected chi connectivity index (χ2v) is 14.2. The van der Waals surface area contributed by atoms with Gasteiger partial charge in [-0.25, -0.2) is 13.2 Å². The molecule has 0 bridgehead atoms. The molecule has 0 aliphatic rings. The van der Waals surface area contributed by atoms with Crippen molar-refractivity contribution in [3.05, 3.63) is 72.8 Å². The van der Waals surface area contributed by atoms with Crippen LogP contribution in [0.5, 0.6) is 5.75 Å². The SMILES string of the molecule is CN(C)c1ccc([S+](c2ccc(OCC(=O)OC(C)(C)C)cc2)c2ccc(N(C)C)cc2)cc1.O=S(=O)([O-])CC(F)(F)F. The highest BCUT2D eigenvalue weighted by molar-refractivity contribution is 7.97. The monoisotopic (exact) mass is 642 g/mol. The largest absolute Gasteiger partial charge is 0.748 e. The van der Waals surface area contributed by atoms with E-state index in [0.29, 0.717) is 5.75 Å². The molecule has 0 spiro atoms. The van der Waals surface area contributed by atoms with Crippen molar-refractivity contribution in [2.45, 2.75) is 47.2 Å². The fourth-order valence-electron chi connectivity index (χ4n) is 3.55. The third-order valence-corrected chi connectivity index (χ3v) is 8.27. The molecule has 3 aromatic carbocycles. The first-order valence-electron chi connectivity index (χ1n) is 13.0. The van der Waals surface area contributed by atoms with Crippen molar-refractivity contribution in [1.29, 1.82) is 0 Å². The Morgan fingerprint density at radius 1 is 0.767 bits per heavy atom. The standard InChI is InChI=1S/C28H35N2O3S.C2H3F3O3S/c1-28(2,3)33-27(31)20-32-23-12-18-26(19-13-23)34(24-14-8-21(9-15-24)29(4)5)25-16-10-22(11-17-25)30(6)7;3-2(4,5)1-9(6,7)8/h8-19H,20H2,1-7H3;1H2,(H,6,7,8)/q+1;/p-1. The fourth-order valence-corrected chi connectivity index (χ4v) is 6.00. The van der Waals surface area contributed by atoms with E-state index in [4.69, 9.17) is 9.47 Å². The van der Waals surface area contributed by atoms with E-state index in [1.54, 1.807) is 0 Å². The van der Waals surface area contributed by atoms with Gasteiger partial charge >= 0.3 is 12.1 Å². The normalized spacial score (nSPS) is 11.8. The van der Waals surface area contributed by atoms with E-state index in [0.717, 1.165) is 0 Å². The van der Waals surface area contributed by atoms with Crippen LogP contribution in [0.4, 0.5) is 24.5 Å². The third-order valence-electron chi connectivity index (χ3n) is 5.35. The zero-order valence-corrected chi connectivity index (χ0v) is 26.8. The van der Waals surface area contributed by atoms with Gasteiger partial charge in [-0.15, -0.1) is 0 Å². The molecule has 0 N–H and O–H groups in total. The zero-order chi connectivity index (χ0) is 32.6. The van der Waals surface area contributed by atoms with Gasteiger partial charge in [-0.05, 0) is 93.6 Å².